The monoisotopic (exact) mass is 437 g/mol. The zero-order valence-electron chi connectivity index (χ0n) is 17.0. The number of likely N-dealkylation sites (tertiary alicyclic amines) is 1. The van der Waals surface area contributed by atoms with E-state index in [4.69, 9.17) is 16.6 Å². The molecule has 1 saturated heterocycles. The summed E-state index contributed by atoms with van der Waals surface area (Å²) in [4.78, 5) is 27.1. The minimum absolute atomic E-state index is 0.149. The third kappa shape index (κ3) is 3.49. The Labute approximate surface area is 183 Å². The van der Waals surface area contributed by atoms with Gasteiger partial charge in [0.1, 0.15) is 18.3 Å². The Balaban J connectivity index is 1.75. The average molecular weight is 438 g/mol. The fourth-order valence-electron chi connectivity index (χ4n) is 4.35. The van der Waals surface area contributed by atoms with Crippen LogP contribution in [0.3, 0.4) is 0 Å². The first-order chi connectivity index (χ1) is 15.0. The maximum Gasteiger partial charge on any atom is 0.267 e. The zero-order chi connectivity index (χ0) is 21.5. The van der Waals surface area contributed by atoms with Gasteiger partial charge >= 0.3 is 0 Å². The van der Waals surface area contributed by atoms with Crippen molar-refractivity contribution >= 4 is 28.7 Å². The Morgan fingerprint density at radius 2 is 2.03 bits per heavy atom. The van der Waals surface area contributed by atoms with Crippen LogP contribution in [0.25, 0.3) is 16.6 Å². The lowest BCUT2D eigenvalue weighted by molar-refractivity contribution is 0.312. The number of halogens is 2. The number of aliphatic imine (C=N–C) groups is 1. The Morgan fingerprint density at radius 1 is 1.19 bits per heavy atom. The van der Waals surface area contributed by atoms with Crippen molar-refractivity contribution in [3.05, 3.63) is 81.4 Å². The molecule has 0 spiro atoms. The second-order valence-electron chi connectivity index (χ2n) is 7.84. The van der Waals surface area contributed by atoms with E-state index >= 15 is 0 Å². The molecule has 0 N–H and O–H groups in total. The number of rotatable bonds is 3. The Hall–Kier alpha value is -3.19. The fourth-order valence-corrected chi connectivity index (χ4v) is 4.60. The molecule has 0 amide bonds. The minimum Gasteiger partial charge on any atom is -0.360 e. The highest BCUT2D eigenvalue weighted by Gasteiger charge is 2.32. The molecular formula is C23H21ClFN5O. The smallest absolute Gasteiger partial charge is 0.267 e. The highest BCUT2D eigenvalue weighted by atomic mass is 35.5. The SMILES string of the molecule is CN1C=C(N2CCCC2c2nc3cccc(Cl)c3c(=O)n2-c2cccc(F)c2)C=NC1. The standard InChI is InChI=1S/C23H21ClFN5O/c1-28-13-17(12-26-14-28)29-10-4-9-20(29)22-27-19-8-3-7-18(24)21(19)23(31)30(22)16-6-2-5-15(25)11-16/h2-3,5-8,11-13,20H,4,9-10,14H2,1H3. The summed E-state index contributed by atoms with van der Waals surface area (Å²) in [5.74, 6) is 0.159. The summed E-state index contributed by atoms with van der Waals surface area (Å²) in [7, 11) is 1.97. The van der Waals surface area contributed by atoms with Crippen LogP contribution in [-0.2, 0) is 0 Å². The molecule has 1 atom stereocenters. The van der Waals surface area contributed by atoms with Crippen LogP contribution in [0.1, 0.15) is 24.7 Å². The van der Waals surface area contributed by atoms with Crippen molar-refractivity contribution in [2.24, 2.45) is 4.99 Å². The maximum atomic E-state index is 14.1. The molecule has 3 aromatic rings. The Morgan fingerprint density at radius 3 is 2.84 bits per heavy atom. The van der Waals surface area contributed by atoms with Gasteiger partial charge < -0.3 is 9.80 Å². The molecule has 2 aliphatic heterocycles. The summed E-state index contributed by atoms with van der Waals surface area (Å²) >= 11 is 6.36. The molecule has 1 aromatic heterocycles. The molecule has 0 bridgehead atoms. The van der Waals surface area contributed by atoms with Crippen LogP contribution in [0.4, 0.5) is 4.39 Å². The Kier molecular flexibility index (Phi) is 4.98. The number of aromatic nitrogens is 2. The zero-order valence-corrected chi connectivity index (χ0v) is 17.8. The largest absolute Gasteiger partial charge is 0.360 e. The summed E-state index contributed by atoms with van der Waals surface area (Å²) in [5, 5.41) is 0.665. The first kappa shape index (κ1) is 19.8. The summed E-state index contributed by atoms with van der Waals surface area (Å²) in [6, 6.07) is 11.1. The summed E-state index contributed by atoms with van der Waals surface area (Å²) in [6.07, 6.45) is 5.68. The maximum absolute atomic E-state index is 14.1. The molecule has 5 rings (SSSR count). The lowest BCUT2D eigenvalue weighted by Gasteiger charge is -2.31. The van der Waals surface area contributed by atoms with Crippen LogP contribution in [0.2, 0.25) is 5.02 Å². The van der Waals surface area contributed by atoms with Crippen molar-refractivity contribution in [2.45, 2.75) is 18.9 Å². The quantitative estimate of drug-likeness (QED) is 0.618. The van der Waals surface area contributed by atoms with E-state index in [0.29, 0.717) is 34.1 Å². The van der Waals surface area contributed by atoms with E-state index in [9.17, 15) is 9.18 Å². The molecule has 0 radical (unpaired) electrons. The molecule has 2 aliphatic rings. The van der Waals surface area contributed by atoms with E-state index in [1.807, 2.05) is 24.4 Å². The Bertz CT molecular complexity index is 1280. The van der Waals surface area contributed by atoms with Crippen molar-refractivity contribution in [3.8, 4) is 5.69 Å². The van der Waals surface area contributed by atoms with Crippen LogP contribution in [0, 0.1) is 5.82 Å². The molecular weight excluding hydrogens is 417 g/mol. The lowest BCUT2D eigenvalue weighted by atomic mass is 10.1. The second kappa shape index (κ2) is 7.81. The predicted molar refractivity (Wildman–Crippen MR) is 120 cm³/mol. The highest BCUT2D eigenvalue weighted by Crippen LogP contribution is 2.35. The van der Waals surface area contributed by atoms with Gasteiger partial charge in [0.25, 0.3) is 5.56 Å². The highest BCUT2D eigenvalue weighted by molar-refractivity contribution is 6.35. The first-order valence-electron chi connectivity index (χ1n) is 10.2. The van der Waals surface area contributed by atoms with Crippen LogP contribution < -0.4 is 5.56 Å². The molecule has 0 saturated carbocycles. The lowest BCUT2D eigenvalue weighted by Crippen LogP contribution is -2.33. The van der Waals surface area contributed by atoms with Gasteiger partial charge in [-0.15, -0.1) is 0 Å². The van der Waals surface area contributed by atoms with Gasteiger partial charge in [0.2, 0.25) is 0 Å². The van der Waals surface area contributed by atoms with Crippen molar-refractivity contribution in [1.29, 1.82) is 0 Å². The van der Waals surface area contributed by atoms with Crippen LogP contribution in [0.15, 0.2) is 64.1 Å². The molecule has 158 valence electrons. The molecule has 8 heteroatoms. The first-order valence-corrected chi connectivity index (χ1v) is 10.6. The van der Waals surface area contributed by atoms with Crippen molar-refractivity contribution < 1.29 is 4.39 Å². The van der Waals surface area contributed by atoms with Gasteiger partial charge in [-0.1, -0.05) is 23.7 Å². The number of fused-ring (bicyclic) bond motifs is 1. The number of hydrogen-bond acceptors (Lipinski definition) is 5. The fraction of sp³-hybridized carbons (Fsp3) is 0.261. The van der Waals surface area contributed by atoms with E-state index in [1.165, 1.54) is 16.7 Å². The van der Waals surface area contributed by atoms with Crippen molar-refractivity contribution in [1.82, 2.24) is 19.4 Å². The molecule has 1 unspecified atom stereocenters. The van der Waals surface area contributed by atoms with Crippen LogP contribution in [0.5, 0.6) is 0 Å². The number of nitrogens with zero attached hydrogens (tertiary/aromatic N) is 5. The molecule has 0 aliphatic carbocycles. The van der Waals surface area contributed by atoms with E-state index in [-0.39, 0.29) is 11.6 Å². The van der Waals surface area contributed by atoms with Crippen LogP contribution in [-0.4, -0.2) is 45.8 Å². The van der Waals surface area contributed by atoms with Crippen molar-refractivity contribution in [2.75, 3.05) is 20.3 Å². The van der Waals surface area contributed by atoms with Gasteiger partial charge in [-0.2, -0.15) is 0 Å². The number of allylic oxidation sites excluding steroid dienone is 1. The average Bonchev–Trinajstić information content (AvgIpc) is 3.23. The summed E-state index contributed by atoms with van der Waals surface area (Å²) in [6.45, 7) is 1.44. The molecule has 6 nitrogen and oxygen atoms in total. The van der Waals surface area contributed by atoms with E-state index in [2.05, 4.69) is 9.89 Å². The minimum atomic E-state index is -0.415. The molecule has 31 heavy (non-hydrogen) atoms. The van der Waals surface area contributed by atoms with Gasteiger partial charge in [-0.05, 0) is 43.2 Å². The van der Waals surface area contributed by atoms with Crippen LogP contribution >= 0.6 is 11.6 Å². The molecule has 1 fully saturated rings. The third-order valence-electron chi connectivity index (χ3n) is 5.70. The molecule has 3 heterocycles. The normalized spacial score (nSPS) is 18.7. The topological polar surface area (TPSA) is 53.7 Å². The third-order valence-corrected chi connectivity index (χ3v) is 6.02. The van der Waals surface area contributed by atoms with Gasteiger partial charge in [-0.25, -0.2) is 9.37 Å². The van der Waals surface area contributed by atoms with Gasteiger partial charge in [-0.3, -0.25) is 14.4 Å². The van der Waals surface area contributed by atoms with E-state index < -0.39 is 5.82 Å². The summed E-state index contributed by atoms with van der Waals surface area (Å²) in [5.41, 5.74) is 1.65. The van der Waals surface area contributed by atoms with Crippen molar-refractivity contribution in [3.63, 3.8) is 0 Å². The number of hydrogen-bond donors (Lipinski definition) is 0. The van der Waals surface area contributed by atoms with Gasteiger partial charge in [0.15, 0.2) is 0 Å². The van der Waals surface area contributed by atoms with Gasteiger partial charge in [0.05, 0.1) is 33.4 Å². The second-order valence-corrected chi connectivity index (χ2v) is 8.25. The summed E-state index contributed by atoms with van der Waals surface area (Å²) < 4.78 is 15.6. The van der Waals surface area contributed by atoms with E-state index in [1.54, 1.807) is 30.3 Å². The number of benzene rings is 2. The molecule has 2 aromatic carbocycles. The predicted octanol–water partition coefficient (Wildman–Crippen LogP) is 4.13. The van der Waals surface area contributed by atoms with Gasteiger partial charge in [0, 0.05) is 26.0 Å². The van der Waals surface area contributed by atoms with E-state index in [0.717, 1.165) is 25.1 Å².